The Kier molecular flexibility index (Phi) is 65.1. The van der Waals surface area contributed by atoms with Crippen molar-refractivity contribution in [2.45, 2.75) is 0 Å². The van der Waals surface area contributed by atoms with Gasteiger partial charge in [0.1, 0.15) is 0 Å². The molecule has 0 bridgehead atoms. The summed E-state index contributed by atoms with van der Waals surface area (Å²) in [5, 5.41) is 0. The first-order valence-corrected chi connectivity index (χ1v) is 5.40. The van der Waals surface area contributed by atoms with Gasteiger partial charge < -0.3 is 2.85 Å². The normalized spacial score (nSPS) is 1.50. The third kappa shape index (κ3) is 8.91. The van der Waals surface area contributed by atoms with Crippen molar-refractivity contribution in [2.75, 3.05) is 0 Å². The summed E-state index contributed by atoms with van der Waals surface area (Å²) >= 11 is 4.50. The first kappa shape index (κ1) is 15.7. The van der Waals surface area contributed by atoms with Gasteiger partial charge in [-0.05, 0) is 0 Å². The van der Waals surface area contributed by atoms with Gasteiger partial charge in [0.15, 0.2) is 0 Å². The van der Waals surface area contributed by atoms with Crippen LogP contribution in [0, 0.1) is 0 Å². The van der Waals surface area contributed by atoms with E-state index in [1.807, 2.05) is 0 Å². The quantitative estimate of drug-likeness (QED) is 0.419. The fourth-order valence-corrected chi connectivity index (χ4v) is 0. The average Bonchev–Trinajstić information content (AvgIpc) is 1.00. The Hall–Kier alpha value is 3.06. The van der Waals surface area contributed by atoms with E-state index in [0.717, 1.165) is 0 Å². The predicted molar refractivity (Wildman–Crippen MR) is 33.6 cm³/mol. The molecular weight excluding hydrogens is 318 g/mol. The second kappa shape index (κ2) is 16.6. The predicted octanol–water partition coefficient (Wildman–Crippen LogP) is -2.90. The van der Waals surface area contributed by atoms with E-state index in [0.29, 0.717) is 0 Å². The Balaban J connectivity index is -0.000000000833. The van der Waals surface area contributed by atoms with Crippen LogP contribution >= 0.6 is 0 Å². The first-order valence-electron chi connectivity index (χ1n) is 0.200. The molecule has 4 heteroatoms. The minimum absolute atomic E-state index is 0. The van der Waals surface area contributed by atoms with Gasteiger partial charge >= 0.3 is 91.5 Å². The molecule has 0 fully saturated rings. The molecular formula is H8GeSe2Sr. The standard InChI is InChI=1S/GeH4.H2Se2.Sr.2H/c;1-2;;;/h1H4;1-2H;;;/q;;+2;2*-1. The van der Waals surface area contributed by atoms with Crippen LogP contribution in [0.1, 0.15) is 2.85 Å². The molecule has 0 rings (SSSR count). The van der Waals surface area contributed by atoms with E-state index in [1.54, 1.807) is 0 Å². The van der Waals surface area contributed by atoms with Crippen LogP contribution in [0.25, 0.3) is 0 Å². The Labute approximate surface area is 92.3 Å². The van der Waals surface area contributed by atoms with Crippen LogP contribution in [0.4, 0.5) is 0 Å². The zero-order valence-corrected chi connectivity index (χ0v) is 8.83. The topological polar surface area (TPSA) is 0 Å². The molecule has 0 aromatic heterocycles. The first-order chi connectivity index (χ1) is 1.00. The van der Waals surface area contributed by atoms with Crippen LogP contribution in [0.3, 0.4) is 0 Å². The Bertz CT molecular complexity index is 11.5. The largest absolute Gasteiger partial charge is 2.00 e. The molecule has 0 radical (unpaired) electrons. The van der Waals surface area contributed by atoms with E-state index >= 15 is 0 Å². The van der Waals surface area contributed by atoms with Crippen LogP contribution < -0.4 is 0 Å². The summed E-state index contributed by atoms with van der Waals surface area (Å²) in [7, 11) is 0. The van der Waals surface area contributed by atoms with Crippen LogP contribution in [0.2, 0.25) is 0 Å². The molecule has 0 aromatic rings. The van der Waals surface area contributed by atoms with Crippen molar-refractivity contribution in [1.29, 1.82) is 0 Å². The fourth-order valence-electron chi connectivity index (χ4n) is 0. The average molecular weight is 326 g/mol. The van der Waals surface area contributed by atoms with Gasteiger partial charge in [-0.1, -0.05) is 0 Å². The Morgan fingerprint density at radius 1 is 1.25 bits per heavy atom. The molecule has 0 atom stereocenters. The van der Waals surface area contributed by atoms with Crippen molar-refractivity contribution in [3.05, 3.63) is 0 Å². The zero-order valence-electron chi connectivity index (χ0n) is 3.60. The summed E-state index contributed by atoms with van der Waals surface area (Å²) in [5.41, 5.74) is 0. The second-order valence-electron chi connectivity index (χ2n) is 0. The molecule has 0 aliphatic heterocycles. The number of rotatable bonds is 0. The van der Waals surface area contributed by atoms with Crippen molar-refractivity contribution < 1.29 is 2.85 Å². The smallest absolute Gasteiger partial charge is 2.00 e. The van der Waals surface area contributed by atoms with Crippen LogP contribution in [-0.4, -0.2) is 91.5 Å². The summed E-state index contributed by atoms with van der Waals surface area (Å²) in [6.07, 6.45) is 0. The molecule has 0 N–H and O–H groups in total. The molecule has 26 valence electrons. The van der Waals surface area contributed by atoms with Crippen molar-refractivity contribution in [2.24, 2.45) is 0 Å². The molecule has 0 heterocycles. The monoisotopic (exact) mass is 330 g/mol. The Morgan fingerprint density at radius 2 is 1.25 bits per heavy atom. The number of hydrogen-bond donors (Lipinski definition) is 0. The Morgan fingerprint density at radius 3 is 1.25 bits per heavy atom. The zero-order chi connectivity index (χ0) is 2.00. The van der Waals surface area contributed by atoms with Crippen LogP contribution in [0.15, 0.2) is 0 Å². The van der Waals surface area contributed by atoms with Crippen molar-refractivity contribution >= 4 is 91.5 Å². The number of hydrogen-bond acceptors (Lipinski definition) is 0. The molecule has 0 aromatic carbocycles. The van der Waals surface area contributed by atoms with Crippen molar-refractivity contribution in [3.8, 4) is 0 Å². The van der Waals surface area contributed by atoms with Gasteiger partial charge in [0.25, 0.3) is 0 Å². The van der Waals surface area contributed by atoms with E-state index < -0.39 is 0 Å². The van der Waals surface area contributed by atoms with E-state index in [4.69, 9.17) is 0 Å². The maximum Gasteiger partial charge on any atom is 2.00 e. The third-order valence-electron chi connectivity index (χ3n) is 0. The van der Waals surface area contributed by atoms with Crippen LogP contribution in [0.5, 0.6) is 0 Å². The molecule has 4 heavy (non-hydrogen) atoms. The summed E-state index contributed by atoms with van der Waals surface area (Å²) in [5.74, 6) is 0. The molecule has 0 unspecified atom stereocenters. The molecule has 0 spiro atoms. The summed E-state index contributed by atoms with van der Waals surface area (Å²) < 4.78 is 0. The fraction of sp³-hybridized carbons (Fsp3) is 0. The molecule has 0 aliphatic rings. The third-order valence-corrected chi connectivity index (χ3v) is 0. The van der Waals surface area contributed by atoms with E-state index in [1.165, 1.54) is 0 Å². The molecule has 0 nitrogen and oxygen atoms in total. The van der Waals surface area contributed by atoms with Crippen molar-refractivity contribution in [3.63, 3.8) is 0 Å². The second-order valence-corrected chi connectivity index (χ2v) is 0. The van der Waals surface area contributed by atoms with Gasteiger partial charge in [-0.2, -0.15) is 0 Å². The van der Waals surface area contributed by atoms with Gasteiger partial charge in [0.05, 0.1) is 0 Å². The SMILES string of the molecule is [GeH4].[H-].[H-].[SeH][SeH].[Sr+2]. The molecule has 0 amide bonds. The summed E-state index contributed by atoms with van der Waals surface area (Å²) in [4.78, 5) is 0. The van der Waals surface area contributed by atoms with E-state index in [9.17, 15) is 0 Å². The van der Waals surface area contributed by atoms with E-state index in [2.05, 4.69) is 28.4 Å². The molecule has 0 aliphatic carbocycles. The van der Waals surface area contributed by atoms with Gasteiger partial charge in [0, 0.05) is 0 Å². The van der Waals surface area contributed by atoms with Gasteiger partial charge in [0.2, 0.25) is 0 Å². The van der Waals surface area contributed by atoms with Crippen molar-refractivity contribution in [1.82, 2.24) is 0 Å². The van der Waals surface area contributed by atoms with Crippen LogP contribution in [-0.2, 0) is 0 Å². The minimum Gasteiger partial charge on any atom is 2.00 e. The summed E-state index contributed by atoms with van der Waals surface area (Å²) in [6.45, 7) is 0. The van der Waals surface area contributed by atoms with Gasteiger partial charge in [-0.3, -0.25) is 0 Å². The maximum atomic E-state index is 2.25. The maximum absolute atomic E-state index is 2.25. The molecule has 0 saturated carbocycles. The van der Waals surface area contributed by atoms with Gasteiger partial charge in [-0.15, -0.1) is 0 Å². The summed E-state index contributed by atoms with van der Waals surface area (Å²) in [6, 6.07) is 0. The van der Waals surface area contributed by atoms with E-state index in [-0.39, 0.29) is 65.9 Å². The minimum atomic E-state index is 0. The molecule has 0 saturated heterocycles. The van der Waals surface area contributed by atoms with Gasteiger partial charge in [-0.25, -0.2) is 0 Å².